The van der Waals surface area contributed by atoms with Crippen LogP contribution in [0.2, 0.25) is 15.1 Å². The molecule has 1 atom stereocenters. The quantitative estimate of drug-likeness (QED) is 0.498. The maximum absolute atomic E-state index is 13.1. The van der Waals surface area contributed by atoms with Crippen molar-refractivity contribution in [2.75, 3.05) is 6.61 Å². The number of aromatic nitrogens is 2. The Morgan fingerprint density at radius 1 is 1.17 bits per heavy atom. The number of hydrogen-bond acceptors (Lipinski definition) is 4. The molecule has 2 heterocycles. The number of halogens is 4. The van der Waals surface area contributed by atoms with E-state index in [0.29, 0.717) is 27.4 Å². The highest BCUT2D eigenvalue weighted by Crippen LogP contribution is 2.37. The topological polar surface area (TPSA) is 53.4 Å². The van der Waals surface area contributed by atoms with Crippen molar-refractivity contribution < 1.29 is 13.9 Å². The van der Waals surface area contributed by atoms with Gasteiger partial charge in [0.1, 0.15) is 19.0 Å². The zero-order valence-electron chi connectivity index (χ0n) is 14.9. The lowest BCUT2D eigenvalue weighted by atomic mass is 10.1. The van der Waals surface area contributed by atoms with Gasteiger partial charge in [0.15, 0.2) is 6.10 Å². The summed E-state index contributed by atoms with van der Waals surface area (Å²) in [5.74, 6) is 0.616. The summed E-state index contributed by atoms with van der Waals surface area (Å²) in [4.78, 5) is 15.2. The van der Waals surface area contributed by atoms with Crippen molar-refractivity contribution in [1.29, 1.82) is 0 Å². The molecular weight excluding hydrogens is 442 g/mol. The highest BCUT2D eigenvalue weighted by molar-refractivity contribution is 6.45. The molecule has 0 spiro atoms. The molecule has 3 aromatic rings. The Kier molecular flexibility index (Phi) is 5.67. The lowest BCUT2D eigenvalue weighted by Crippen LogP contribution is -2.23. The monoisotopic (exact) mass is 454 g/mol. The van der Waals surface area contributed by atoms with Crippen LogP contribution in [0, 0.1) is 0 Å². The van der Waals surface area contributed by atoms with Crippen molar-refractivity contribution >= 4 is 34.8 Å². The molecule has 5 nitrogen and oxygen atoms in total. The first-order valence-electron chi connectivity index (χ1n) is 8.66. The van der Waals surface area contributed by atoms with Crippen molar-refractivity contribution in [2.45, 2.75) is 19.3 Å². The van der Waals surface area contributed by atoms with Gasteiger partial charge < -0.3 is 9.47 Å². The van der Waals surface area contributed by atoms with Crippen LogP contribution in [0.25, 0.3) is 11.1 Å². The number of fused-ring (bicyclic) bond motifs is 1. The third-order valence-corrected chi connectivity index (χ3v) is 5.48. The summed E-state index contributed by atoms with van der Waals surface area (Å²) in [5, 5.41) is 1.30. The summed E-state index contributed by atoms with van der Waals surface area (Å²) in [6.07, 6.45) is -0.379. The Balaban J connectivity index is 1.44. The van der Waals surface area contributed by atoms with E-state index in [-0.39, 0.29) is 24.4 Å². The van der Waals surface area contributed by atoms with Gasteiger partial charge in [-0.15, -0.1) is 0 Å². The lowest BCUT2D eigenvalue weighted by molar-refractivity contribution is 0.143. The van der Waals surface area contributed by atoms with E-state index < -0.39 is 12.2 Å². The first-order valence-corrected chi connectivity index (χ1v) is 9.79. The van der Waals surface area contributed by atoms with E-state index in [1.165, 1.54) is 6.07 Å². The van der Waals surface area contributed by atoms with Crippen LogP contribution in [0.3, 0.4) is 0 Å². The van der Waals surface area contributed by atoms with E-state index >= 15 is 0 Å². The van der Waals surface area contributed by atoms with Crippen molar-refractivity contribution in [3.63, 3.8) is 0 Å². The zero-order chi connectivity index (χ0) is 20.5. The van der Waals surface area contributed by atoms with E-state index in [1.807, 2.05) is 12.1 Å². The Morgan fingerprint density at radius 2 is 1.93 bits per heavy atom. The molecule has 0 fully saturated rings. The highest BCUT2D eigenvalue weighted by Gasteiger charge is 2.26. The third-order valence-electron chi connectivity index (χ3n) is 4.46. The van der Waals surface area contributed by atoms with Gasteiger partial charge in [-0.05, 0) is 29.8 Å². The maximum atomic E-state index is 13.1. The van der Waals surface area contributed by atoms with Gasteiger partial charge in [-0.3, -0.25) is 9.36 Å². The van der Waals surface area contributed by atoms with Gasteiger partial charge in [0.25, 0.3) is 5.56 Å². The molecule has 0 radical (unpaired) electrons. The smallest absolute Gasteiger partial charge is 0.300 e. The highest BCUT2D eigenvalue weighted by atomic mass is 35.5. The van der Waals surface area contributed by atoms with E-state index in [9.17, 15) is 9.18 Å². The molecule has 1 aliphatic rings. The molecular formula is C20H14Cl3FN2O3. The first kappa shape index (κ1) is 20.0. The normalized spacial score (nSPS) is 15.1. The molecule has 0 amide bonds. The van der Waals surface area contributed by atoms with Gasteiger partial charge in [-0.2, -0.15) is 4.98 Å². The first-order chi connectivity index (χ1) is 13.9. The number of nitrogens with zero attached hydrogens (tertiary/aromatic N) is 2. The molecule has 1 aromatic heterocycles. The van der Waals surface area contributed by atoms with E-state index in [4.69, 9.17) is 44.3 Å². The molecule has 0 saturated carbocycles. The number of rotatable bonds is 5. The maximum Gasteiger partial charge on any atom is 0.300 e. The van der Waals surface area contributed by atoms with Crippen molar-refractivity contribution in [1.82, 2.24) is 9.55 Å². The van der Waals surface area contributed by atoms with Crippen LogP contribution in [0.5, 0.6) is 11.8 Å². The molecule has 150 valence electrons. The van der Waals surface area contributed by atoms with E-state index in [1.54, 1.807) is 28.8 Å². The van der Waals surface area contributed by atoms with Gasteiger partial charge in [0.05, 0.1) is 22.3 Å². The van der Waals surface area contributed by atoms with Gasteiger partial charge in [-0.25, -0.2) is 4.39 Å². The lowest BCUT2D eigenvalue weighted by Gasteiger charge is -2.12. The summed E-state index contributed by atoms with van der Waals surface area (Å²) in [7, 11) is 0. The molecule has 29 heavy (non-hydrogen) atoms. The molecule has 0 saturated heterocycles. The fourth-order valence-corrected chi connectivity index (χ4v) is 3.80. The Morgan fingerprint density at radius 3 is 2.66 bits per heavy atom. The van der Waals surface area contributed by atoms with Gasteiger partial charge >= 0.3 is 6.01 Å². The summed E-state index contributed by atoms with van der Waals surface area (Å²) in [5.41, 5.74) is 1.27. The summed E-state index contributed by atoms with van der Waals surface area (Å²) in [6.45, 7) is -0.192. The average molecular weight is 456 g/mol. The number of benzene rings is 2. The van der Waals surface area contributed by atoms with Crippen molar-refractivity contribution in [3.8, 4) is 22.9 Å². The molecule has 1 aliphatic heterocycles. The minimum atomic E-state index is -0.765. The largest absolute Gasteiger partial charge is 0.490 e. The van der Waals surface area contributed by atoms with Crippen LogP contribution in [-0.4, -0.2) is 22.3 Å². The molecule has 2 aromatic carbocycles. The van der Waals surface area contributed by atoms with Gasteiger partial charge in [-0.1, -0.05) is 46.9 Å². The minimum Gasteiger partial charge on any atom is -0.490 e. The average Bonchev–Trinajstić information content (AvgIpc) is 3.11. The van der Waals surface area contributed by atoms with Gasteiger partial charge in [0, 0.05) is 16.7 Å². The van der Waals surface area contributed by atoms with Crippen LogP contribution in [-0.2, 0) is 13.2 Å². The predicted octanol–water partition coefficient (Wildman–Crippen LogP) is 5.18. The Bertz CT molecular complexity index is 1120. The predicted molar refractivity (Wildman–Crippen MR) is 110 cm³/mol. The standard InChI is InChI=1S/C20H14Cl3FN2O3/c21-12-5-16(19(23)17(22)6-12)11-1-3-14(4-2-11)28-10-15-9-26-13(8-24)7-18(27)25-20(26)29-15/h1-7,15H,8-10H2. The number of alkyl halides is 1. The molecule has 9 heteroatoms. The molecule has 4 rings (SSSR count). The second kappa shape index (κ2) is 8.22. The minimum absolute atomic E-state index is 0.113. The summed E-state index contributed by atoms with van der Waals surface area (Å²) < 4.78 is 26.0. The van der Waals surface area contributed by atoms with Crippen LogP contribution in [0.4, 0.5) is 4.39 Å². The molecule has 0 aliphatic carbocycles. The Hall–Kier alpha value is -2.28. The van der Waals surface area contributed by atoms with Crippen LogP contribution in [0.1, 0.15) is 5.69 Å². The van der Waals surface area contributed by atoms with Crippen LogP contribution >= 0.6 is 34.8 Å². The zero-order valence-corrected chi connectivity index (χ0v) is 17.1. The fourth-order valence-electron chi connectivity index (χ4n) is 3.09. The molecule has 1 unspecified atom stereocenters. The number of hydrogen-bond donors (Lipinski definition) is 0. The Labute approximate surface area is 180 Å². The van der Waals surface area contributed by atoms with Crippen molar-refractivity contribution in [2.24, 2.45) is 0 Å². The fraction of sp³-hybridized carbons (Fsp3) is 0.200. The van der Waals surface area contributed by atoms with Gasteiger partial charge in [0.2, 0.25) is 0 Å². The van der Waals surface area contributed by atoms with Crippen LogP contribution in [0.15, 0.2) is 47.3 Å². The molecule has 0 bridgehead atoms. The van der Waals surface area contributed by atoms with E-state index in [2.05, 4.69) is 4.98 Å². The number of ether oxygens (including phenoxy) is 2. The third kappa shape index (κ3) is 4.20. The summed E-state index contributed by atoms with van der Waals surface area (Å²) in [6, 6.07) is 11.9. The molecule has 0 N–H and O–H groups in total. The van der Waals surface area contributed by atoms with Crippen LogP contribution < -0.4 is 15.0 Å². The SMILES string of the molecule is O=c1cc(CF)n2c(n1)OC(COc1ccc(-c3cc(Cl)cc(Cl)c3Cl)cc1)C2. The van der Waals surface area contributed by atoms with Crippen molar-refractivity contribution in [3.05, 3.63) is 73.6 Å². The van der Waals surface area contributed by atoms with E-state index in [0.717, 1.165) is 11.1 Å². The second-order valence-corrected chi connectivity index (χ2v) is 7.66. The summed E-state index contributed by atoms with van der Waals surface area (Å²) >= 11 is 18.4. The second-order valence-electron chi connectivity index (χ2n) is 6.44.